The Morgan fingerprint density at radius 3 is 2.36 bits per heavy atom. The Balaban J connectivity index is 2.50. The third-order valence-corrected chi connectivity index (χ3v) is 2.47. The van der Waals surface area contributed by atoms with Crippen LogP contribution in [0.2, 0.25) is 10.2 Å². The molecule has 0 N–H and O–H groups in total. The van der Waals surface area contributed by atoms with Crippen molar-refractivity contribution in [3.63, 3.8) is 0 Å². The van der Waals surface area contributed by atoms with E-state index in [9.17, 15) is 0 Å². The van der Waals surface area contributed by atoms with Gasteiger partial charge in [0.25, 0.3) is 0 Å². The van der Waals surface area contributed by atoms with Gasteiger partial charge in [0.1, 0.15) is 5.15 Å². The van der Waals surface area contributed by atoms with E-state index in [0.29, 0.717) is 5.15 Å². The summed E-state index contributed by atoms with van der Waals surface area (Å²) >= 11 is 11.7. The molecule has 0 bridgehead atoms. The zero-order valence-corrected chi connectivity index (χ0v) is 8.76. The van der Waals surface area contributed by atoms with Gasteiger partial charge < -0.3 is 0 Å². The minimum absolute atomic E-state index is 0.487. The number of rotatable bonds is 1. The molecule has 0 fully saturated rings. The highest BCUT2D eigenvalue weighted by molar-refractivity contribution is 6.33. The second-order valence-corrected chi connectivity index (χ2v) is 3.64. The predicted molar refractivity (Wildman–Crippen MR) is 59.7 cm³/mol. The molecule has 0 saturated heterocycles. The standard InChI is InChI=1S/C11H7Cl2N/c12-10-4-2-1-3-9(10)8-5-6-11(13)14-7-8/h1-7H. The minimum atomic E-state index is 0.487. The van der Waals surface area contributed by atoms with E-state index < -0.39 is 0 Å². The van der Waals surface area contributed by atoms with Crippen LogP contribution in [0.1, 0.15) is 0 Å². The summed E-state index contributed by atoms with van der Waals surface area (Å²) in [5.41, 5.74) is 1.94. The summed E-state index contributed by atoms with van der Waals surface area (Å²) in [5, 5.41) is 1.21. The summed E-state index contributed by atoms with van der Waals surface area (Å²) in [6.45, 7) is 0. The van der Waals surface area contributed by atoms with Crippen molar-refractivity contribution in [2.24, 2.45) is 0 Å². The lowest BCUT2D eigenvalue weighted by Crippen LogP contribution is -1.81. The Kier molecular flexibility index (Phi) is 2.71. The first-order valence-corrected chi connectivity index (χ1v) is 4.89. The van der Waals surface area contributed by atoms with Gasteiger partial charge in [-0.15, -0.1) is 0 Å². The number of benzene rings is 1. The highest BCUT2D eigenvalue weighted by Crippen LogP contribution is 2.27. The molecule has 14 heavy (non-hydrogen) atoms. The van der Waals surface area contributed by atoms with Gasteiger partial charge in [-0.2, -0.15) is 0 Å². The molecule has 0 aliphatic rings. The van der Waals surface area contributed by atoms with Crippen LogP contribution < -0.4 is 0 Å². The Bertz CT molecular complexity index is 437. The third kappa shape index (κ3) is 1.89. The maximum absolute atomic E-state index is 6.04. The van der Waals surface area contributed by atoms with Crippen LogP contribution in [0.4, 0.5) is 0 Å². The summed E-state index contributed by atoms with van der Waals surface area (Å²) in [4.78, 5) is 4.00. The van der Waals surface area contributed by atoms with Crippen molar-refractivity contribution in [2.75, 3.05) is 0 Å². The molecular weight excluding hydrogens is 217 g/mol. The molecule has 0 saturated carbocycles. The lowest BCUT2D eigenvalue weighted by molar-refractivity contribution is 1.33. The van der Waals surface area contributed by atoms with Gasteiger partial charge >= 0.3 is 0 Å². The zero-order chi connectivity index (χ0) is 9.97. The summed E-state index contributed by atoms with van der Waals surface area (Å²) in [6, 6.07) is 11.3. The molecule has 2 rings (SSSR count). The fraction of sp³-hybridized carbons (Fsp3) is 0. The first-order chi connectivity index (χ1) is 6.77. The number of hydrogen-bond acceptors (Lipinski definition) is 1. The molecule has 1 aromatic heterocycles. The molecule has 0 unspecified atom stereocenters. The lowest BCUT2D eigenvalue weighted by Gasteiger charge is -2.02. The molecule has 0 amide bonds. The predicted octanol–water partition coefficient (Wildman–Crippen LogP) is 4.06. The van der Waals surface area contributed by atoms with Crippen LogP contribution in [0.3, 0.4) is 0 Å². The van der Waals surface area contributed by atoms with Crippen molar-refractivity contribution >= 4 is 23.2 Å². The molecular formula is C11H7Cl2N. The number of aromatic nitrogens is 1. The van der Waals surface area contributed by atoms with E-state index in [1.54, 1.807) is 12.3 Å². The molecule has 0 aliphatic heterocycles. The van der Waals surface area contributed by atoms with Crippen molar-refractivity contribution < 1.29 is 0 Å². The topological polar surface area (TPSA) is 12.9 Å². The molecule has 1 nitrogen and oxygen atoms in total. The summed E-state index contributed by atoms with van der Waals surface area (Å²) in [6.07, 6.45) is 1.71. The van der Waals surface area contributed by atoms with Crippen LogP contribution in [0.5, 0.6) is 0 Å². The van der Waals surface area contributed by atoms with Gasteiger partial charge in [0.05, 0.1) is 0 Å². The largest absolute Gasteiger partial charge is 0.244 e. The number of hydrogen-bond donors (Lipinski definition) is 0. The van der Waals surface area contributed by atoms with Gasteiger partial charge in [0, 0.05) is 22.3 Å². The van der Waals surface area contributed by atoms with Crippen molar-refractivity contribution in [1.29, 1.82) is 0 Å². The monoisotopic (exact) mass is 223 g/mol. The second kappa shape index (κ2) is 3.99. The first kappa shape index (κ1) is 9.50. The van der Waals surface area contributed by atoms with Crippen LogP contribution >= 0.6 is 23.2 Å². The van der Waals surface area contributed by atoms with Crippen LogP contribution in [0.25, 0.3) is 11.1 Å². The molecule has 0 aliphatic carbocycles. The number of halogens is 2. The Morgan fingerprint density at radius 2 is 1.71 bits per heavy atom. The summed E-state index contributed by atoms with van der Waals surface area (Å²) in [5.74, 6) is 0. The van der Waals surface area contributed by atoms with Gasteiger partial charge in [-0.3, -0.25) is 0 Å². The smallest absolute Gasteiger partial charge is 0.129 e. The second-order valence-electron chi connectivity index (χ2n) is 2.85. The third-order valence-electron chi connectivity index (χ3n) is 1.91. The van der Waals surface area contributed by atoms with Crippen molar-refractivity contribution in [1.82, 2.24) is 4.98 Å². The van der Waals surface area contributed by atoms with Gasteiger partial charge in [0.2, 0.25) is 0 Å². The Labute approximate surface area is 92.3 Å². The van der Waals surface area contributed by atoms with Crippen LogP contribution in [-0.2, 0) is 0 Å². The molecule has 3 heteroatoms. The van der Waals surface area contributed by atoms with Gasteiger partial charge in [-0.05, 0) is 18.2 Å². The molecule has 1 aromatic carbocycles. The van der Waals surface area contributed by atoms with E-state index in [0.717, 1.165) is 16.1 Å². The molecule has 70 valence electrons. The average Bonchev–Trinajstić information content (AvgIpc) is 2.20. The molecule has 2 aromatic rings. The van der Waals surface area contributed by atoms with Gasteiger partial charge in [-0.1, -0.05) is 41.4 Å². The average molecular weight is 224 g/mol. The van der Waals surface area contributed by atoms with E-state index >= 15 is 0 Å². The quantitative estimate of drug-likeness (QED) is 0.665. The zero-order valence-electron chi connectivity index (χ0n) is 7.24. The van der Waals surface area contributed by atoms with E-state index in [1.807, 2.05) is 30.3 Å². The highest BCUT2D eigenvalue weighted by atomic mass is 35.5. The molecule has 0 atom stereocenters. The lowest BCUT2D eigenvalue weighted by atomic mass is 10.1. The SMILES string of the molecule is Clc1ccc(-c2ccccc2Cl)cn1. The Hall–Kier alpha value is -1.05. The van der Waals surface area contributed by atoms with Crippen LogP contribution in [-0.4, -0.2) is 4.98 Å². The minimum Gasteiger partial charge on any atom is -0.244 e. The van der Waals surface area contributed by atoms with E-state index in [-0.39, 0.29) is 0 Å². The van der Waals surface area contributed by atoms with Gasteiger partial charge in [-0.25, -0.2) is 4.98 Å². The van der Waals surface area contributed by atoms with Crippen molar-refractivity contribution in [3.8, 4) is 11.1 Å². The fourth-order valence-electron chi connectivity index (χ4n) is 1.23. The normalized spacial score (nSPS) is 10.1. The Morgan fingerprint density at radius 1 is 0.929 bits per heavy atom. The molecule has 0 spiro atoms. The summed E-state index contributed by atoms with van der Waals surface area (Å²) < 4.78 is 0. The van der Waals surface area contributed by atoms with E-state index in [1.165, 1.54) is 0 Å². The van der Waals surface area contributed by atoms with Crippen molar-refractivity contribution in [2.45, 2.75) is 0 Å². The number of nitrogens with zero attached hydrogens (tertiary/aromatic N) is 1. The first-order valence-electron chi connectivity index (χ1n) is 4.14. The molecule has 0 radical (unpaired) electrons. The summed E-state index contributed by atoms with van der Waals surface area (Å²) in [7, 11) is 0. The maximum Gasteiger partial charge on any atom is 0.129 e. The fourth-order valence-corrected chi connectivity index (χ4v) is 1.59. The molecule has 1 heterocycles. The van der Waals surface area contributed by atoms with E-state index in [2.05, 4.69) is 4.98 Å². The highest BCUT2D eigenvalue weighted by Gasteiger charge is 2.01. The van der Waals surface area contributed by atoms with Gasteiger partial charge in [0.15, 0.2) is 0 Å². The maximum atomic E-state index is 6.04. The van der Waals surface area contributed by atoms with Crippen LogP contribution in [0.15, 0.2) is 42.6 Å². The van der Waals surface area contributed by atoms with Crippen molar-refractivity contribution in [3.05, 3.63) is 52.8 Å². The van der Waals surface area contributed by atoms with E-state index in [4.69, 9.17) is 23.2 Å². The van der Waals surface area contributed by atoms with Crippen LogP contribution in [0, 0.1) is 0 Å². The number of pyridine rings is 1.